The van der Waals surface area contributed by atoms with E-state index in [2.05, 4.69) is 34.3 Å². The number of hydrogen-bond acceptors (Lipinski definition) is 4. The highest BCUT2D eigenvalue weighted by atomic mass is 16.5. The number of nitrogens with one attached hydrogen (secondary N) is 1. The Balaban J connectivity index is 1.91. The Kier molecular flexibility index (Phi) is 3.92. The zero-order valence-electron chi connectivity index (χ0n) is 11.6. The minimum atomic E-state index is 0.146. The molecule has 2 aromatic rings. The van der Waals surface area contributed by atoms with Crippen LogP contribution in [0.4, 0.5) is 0 Å². The van der Waals surface area contributed by atoms with E-state index in [9.17, 15) is 0 Å². The van der Waals surface area contributed by atoms with Crippen molar-refractivity contribution >= 4 is 0 Å². The number of benzene rings is 1. The van der Waals surface area contributed by atoms with Crippen molar-refractivity contribution in [3.63, 3.8) is 0 Å². The summed E-state index contributed by atoms with van der Waals surface area (Å²) in [5.41, 5.74) is 2.23. The Morgan fingerprint density at radius 2 is 2.25 bits per heavy atom. The van der Waals surface area contributed by atoms with Crippen molar-refractivity contribution in [3.8, 4) is 5.75 Å². The smallest absolute Gasteiger partial charge is 0.122 e. The summed E-state index contributed by atoms with van der Waals surface area (Å²) in [6, 6.07) is 8.39. The van der Waals surface area contributed by atoms with Crippen LogP contribution >= 0.6 is 0 Å². The van der Waals surface area contributed by atoms with Gasteiger partial charge in [0.05, 0.1) is 18.3 Å². The summed E-state index contributed by atoms with van der Waals surface area (Å²) in [5.74, 6) is 1.28. The molecule has 2 atom stereocenters. The zero-order chi connectivity index (χ0) is 13.8. The first-order chi connectivity index (χ1) is 9.90. The van der Waals surface area contributed by atoms with Gasteiger partial charge >= 0.3 is 0 Å². The van der Waals surface area contributed by atoms with Crippen molar-refractivity contribution in [2.24, 2.45) is 0 Å². The lowest BCUT2D eigenvalue weighted by atomic mass is 9.91. The van der Waals surface area contributed by atoms with E-state index in [1.54, 1.807) is 12.4 Å². The number of ether oxygens (including phenoxy) is 1. The van der Waals surface area contributed by atoms with Crippen LogP contribution in [0.1, 0.15) is 36.6 Å². The van der Waals surface area contributed by atoms with Crippen molar-refractivity contribution < 1.29 is 4.74 Å². The Labute approximate surface area is 119 Å². The van der Waals surface area contributed by atoms with E-state index in [4.69, 9.17) is 4.74 Å². The second-order valence-corrected chi connectivity index (χ2v) is 5.02. The van der Waals surface area contributed by atoms with E-state index in [1.807, 2.05) is 18.3 Å². The van der Waals surface area contributed by atoms with Gasteiger partial charge in [-0.25, -0.2) is 0 Å². The summed E-state index contributed by atoms with van der Waals surface area (Å²) in [6.07, 6.45) is 6.39. The van der Waals surface area contributed by atoms with Gasteiger partial charge in [0.2, 0.25) is 0 Å². The number of nitrogens with zero attached hydrogens (tertiary/aromatic N) is 2. The molecule has 1 aliphatic rings. The molecule has 2 unspecified atom stereocenters. The second kappa shape index (κ2) is 6.01. The zero-order valence-corrected chi connectivity index (χ0v) is 11.6. The van der Waals surface area contributed by atoms with Crippen molar-refractivity contribution in [1.29, 1.82) is 0 Å². The molecule has 1 aromatic heterocycles. The van der Waals surface area contributed by atoms with Crippen LogP contribution in [-0.4, -0.2) is 23.1 Å². The number of rotatable bonds is 5. The largest absolute Gasteiger partial charge is 0.493 e. The molecular formula is C16H19N3O. The van der Waals surface area contributed by atoms with Gasteiger partial charge in [0.15, 0.2) is 0 Å². The minimum Gasteiger partial charge on any atom is -0.493 e. The van der Waals surface area contributed by atoms with E-state index in [1.165, 1.54) is 5.56 Å². The summed E-state index contributed by atoms with van der Waals surface area (Å²) < 4.78 is 5.81. The highest BCUT2D eigenvalue weighted by Gasteiger charge is 2.32. The van der Waals surface area contributed by atoms with Crippen LogP contribution in [0.5, 0.6) is 5.75 Å². The summed E-state index contributed by atoms with van der Waals surface area (Å²) in [6.45, 7) is 3.82. The minimum absolute atomic E-state index is 0.146. The average Bonchev–Trinajstić information content (AvgIpc) is 2.93. The maximum Gasteiger partial charge on any atom is 0.122 e. The van der Waals surface area contributed by atoms with Crippen molar-refractivity contribution in [2.75, 3.05) is 13.2 Å². The molecule has 1 aliphatic heterocycles. The summed E-state index contributed by atoms with van der Waals surface area (Å²) in [7, 11) is 0. The van der Waals surface area contributed by atoms with Gasteiger partial charge in [-0.1, -0.05) is 25.1 Å². The monoisotopic (exact) mass is 269 g/mol. The molecule has 1 N–H and O–H groups in total. The summed E-state index contributed by atoms with van der Waals surface area (Å²) in [4.78, 5) is 8.67. The Morgan fingerprint density at radius 1 is 1.35 bits per heavy atom. The van der Waals surface area contributed by atoms with Crippen molar-refractivity contribution in [1.82, 2.24) is 15.3 Å². The average molecular weight is 269 g/mol. The molecule has 0 saturated carbocycles. The predicted octanol–water partition coefficient (Wildman–Crippen LogP) is 2.69. The van der Waals surface area contributed by atoms with Gasteiger partial charge in [-0.15, -0.1) is 0 Å². The van der Waals surface area contributed by atoms with Crippen molar-refractivity contribution in [3.05, 3.63) is 54.1 Å². The second-order valence-electron chi connectivity index (χ2n) is 5.02. The van der Waals surface area contributed by atoms with Crippen LogP contribution in [-0.2, 0) is 0 Å². The molecule has 3 rings (SSSR count). The molecular weight excluding hydrogens is 250 g/mol. The highest BCUT2D eigenvalue weighted by molar-refractivity contribution is 5.41. The molecule has 20 heavy (non-hydrogen) atoms. The van der Waals surface area contributed by atoms with Crippen LogP contribution in [0, 0.1) is 0 Å². The van der Waals surface area contributed by atoms with E-state index in [0.29, 0.717) is 6.61 Å². The fourth-order valence-electron chi connectivity index (χ4n) is 2.69. The van der Waals surface area contributed by atoms with Gasteiger partial charge in [-0.05, 0) is 19.0 Å². The Morgan fingerprint density at radius 3 is 3.05 bits per heavy atom. The topological polar surface area (TPSA) is 47.0 Å². The van der Waals surface area contributed by atoms with Crippen LogP contribution in [0.2, 0.25) is 0 Å². The lowest BCUT2D eigenvalue weighted by Crippen LogP contribution is -2.29. The van der Waals surface area contributed by atoms with Gasteiger partial charge in [0.1, 0.15) is 5.75 Å². The van der Waals surface area contributed by atoms with Crippen LogP contribution in [0.3, 0.4) is 0 Å². The fraction of sp³-hybridized carbons (Fsp3) is 0.375. The fourth-order valence-corrected chi connectivity index (χ4v) is 2.69. The van der Waals surface area contributed by atoms with Gasteiger partial charge in [0.25, 0.3) is 0 Å². The Bertz CT molecular complexity index is 559. The number of fused-ring (bicyclic) bond motifs is 1. The summed E-state index contributed by atoms with van der Waals surface area (Å²) >= 11 is 0. The first-order valence-electron chi connectivity index (χ1n) is 7.11. The molecule has 0 aliphatic carbocycles. The third-order valence-electron chi connectivity index (χ3n) is 3.66. The molecule has 2 heterocycles. The molecule has 0 spiro atoms. The molecule has 1 aromatic carbocycles. The van der Waals surface area contributed by atoms with Crippen LogP contribution in [0.25, 0.3) is 0 Å². The molecule has 4 heteroatoms. The first kappa shape index (κ1) is 13.1. The van der Waals surface area contributed by atoms with Gasteiger partial charge in [0, 0.05) is 30.1 Å². The van der Waals surface area contributed by atoms with Gasteiger partial charge in [-0.3, -0.25) is 9.97 Å². The first-order valence-corrected chi connectivity index (χ1v) is 7.11. The molecule has 0 radical (unpaired) electrons. The normalized spacial score (nSPS) is 18.4. The van der Waals surface area contributed by atoms with E-state index >= 15 is 0 Å². The maximum atomic E-state index is 5.81. The van der Waals surface area contributed by atoms with Crippen LogP contribution in [0.15, 0.2) is 42.9 Å². The molecule has 4 nitrogen and oxygen atoms in total. The van der Waals surface area contributed by atoms with Crippen LogP contribution < -0.4 is 10.1 Å². The molecule has 104 valence electrons. The van der Waals surface area contributed by atoms with E-state index in [-0.39, 0.29) is 12.0 Å². The predicted molar refractivity (Wildman–Crippen MR) is 77.7 cm³/mol. The lowest BCUT2D eigenvalue weighted by molar-refractivity contribution is 0.297. The standard InChI is InChI=1S/C16H19N3O/c1-2-7-19-16(14-10-17-8-9-18-14)13-11-20-15-6-4-3-5-12(13)15/h3-6,8-10,13,16,19H,2,7,11H2,1H3. The quantitative estimate of drug-likeness (QED) is 0.906. The Hall–Kier alpha value is -1.94. The molecule has 0 saturated heterocycles. The van der Waals surface area contributed by atoms with Gasteiger partial charge in [-0.2, -0.15) is 0 Å². The van der Waals surface area contributed by atoms with E-state index in [0.717, 1.165) is 24.4 Å². The molecule has 0 amide bonds. The molecule has 0 bridgehead atoms. The highest BCUT2D eigenvalue weighted by Crippen LogP contribution is 2.40. The molecule has 0 fully saturated rings. The number of aromatic nitrogens is 2. The maximum absolute atomic E-state index is 5.81. The number of para-hydroxylation sites is 1. The summed E-state index contributed by atoms with van der Waals surface area (Å²) in [5, 5.41) is 3.59. The number of hydrogen-bond donors (Lipinski definition) is 1. The SMILES string of the molecule is CCCNC(c1cnccn1)C1COc2ccccc21. The lowest BCUT2D eigenvalue weighted by Gasteiger charge is -2.23. The third-order valence-corrected chi connectivity index (χ3v) is 3.66. The van der Waals surface area contributed by atoms with Gasteiger partial charge < -0.3 is 10.1 Å². The van der Waals surface area contributed by atoms with Crippen molar-refractivity contribution in [2.45, 2.75) is 25.3 Å². The van der Waals surface area contributed by atoms with E-state index < -0.39 is 0 Å². The third kappa shape index (κ3) is 2.51.